The summed E-state index contributed by atoms with van der Waals surface area (Å²) < 4.78 is 29.7. The number of amides is 1. The van der Waals surface area contributed by atoms with Crippen molar-refractivity contribution in [3.05, 3.63) is 52.1 Å². The van der Waals surface area contributed by atoms with Crippen LogP contribution in [-0.4, -0.2) is 38.6 Å². The van der Waals surface area contributed by atoms with Crippen molar-refractivity contribution in [2.75, 3.05) is 13.4 Å². The first-order valence-electron chi connectivity index (χ1n) is 7.36. The zero-order chi connectivity index (χ0) is 20.4. The van der Waals surface area contributed by atoms with Crippen LogP contribution in [0.2, 0.25) is 0 Å². The van der Waals surface area contributed by atoms with Gasteiger partial charge in [-0.2, -0.15) is 4.99 Å². The number of carbonyl (C=O) groups is 1. The van der Waals surface area contributed by atoms with Gasteiger partial charge < -0.3 is 16.2 Å². The third-order valence-corrected chi connectivity index (χ3v) is 4.70. The van der Waals surface area contributed by atoms with Crippen LogP contribution in [0, 0.1) is 10.1 Å². The lowest BCUT2D eigenvalue weighted by Crippen LogP contribution is -2.24. The molecule has 0 saturated heterocycles. The van der Waals surface area contributed by atoms with Crippen molar-refractivity contribution in [3.8, 4) is 16.9 Å². The number of sulfone groups is 1. The van der Waals surface area contributed by atoms with Crippen molar-refractivity contribution in [1.29, 1.82) is 0 Å². The van der Waals surface area contributed by atoms with Crippen LogP contribution in [0.15, 0.2) is 46.3 Å². The van der Waals surface area contributed by atoms with Crippen LogP contribution in [0.3, 0.4) is 0 Å². The van der Waals surface area contributed by atoms with Gasteiger partial charge in [0.25, 0.3) is 5.91 Å². The van der Waals surface area contributed by atoms with Crippen molar-refractivity contribution in [1.82, 2.24) is 0 Å². The first-order valence-corrected chi connectivity index (χ1v) is 9.25. The van der Waals surface area contributed by atoms with Crippen LogP contribution < -0.4 is 16.2 Å². The molecule has 0 radical (unpaired) electrons. The minimum absolute atomic E-state index is 0.0631. The maximum Gasteiger partial charge on any atom is 0.301 e. The lowest BCUT2D eigenvalue weighted by Gasteiger charge is -2.11. The fraction of sp³-hybridized carbons (Fsp3) is 0.125. The summed E-state index contributed by atoms with van der Waals surface area (Å²) in [6.07, 6.45) is 0.817. The number of nitro benzene ring substituents is 1. The first-order chi connectivity index (χ1) is 12.6. The number of hydrogen-bond donors (Lipinski definition) is 2. The van der Waals surface area contributed by atoms with Gasteiger partial charge >= 0.3 is 5.69 Å². The molecule has 0 heterocycles. The Morgan fingerprint density at radius 1 is 1.15 bits per heavy atom. The van der Waals surface area contributed by atoms with E-state index in [9.17, 15) is 23.3 Å². The molecule has 1 amide bonds. The first kappa shape index (κ1) is 19.8. The van der Waals surface area contributed by atoms with Gasteiger partial charge in [-0.3, -0.25) is 14.9 Å². The van der Waals surface area contributed by atoms with Crippen LogP contribution in [0.5, 0.6) is 5.75 Å². The number of nitro groups is 1. The highest BCUT2D eigenvalue weighted by Crippen LogP contribution is 2.38. The number of carbonyl (C=O) groups excluding carboxylic acids is 1. The molecule has 27 heavy (non-hydrogen) atoms. The van der Waals surface area contributed by atoms with Crippen LogP contribution in [0.4, 0.5) is 5.69 Å². The number of benzene rings is 2. The minimum Gasteiger partial charge on any atom is -0.497 e. The van der Waals surface area contributed by atoms with Gasteiger partial charge in [-0.1, -0.05) is 18.2 Å². The van der Waals surface area contributed by atoms with E-state index in [1.165, 1.54) is 13.2 Å². The summed E-state index contributed by atoms with van der Waals surface area (Å²) in [5.41, 5.74) is 9.30. The maximum absolute atomic E-state index is 12.3. The molecule has 11 heteroatoms. The second-order valence-electron chi connectivity index (χ2n) is 5.44. The van der Waals surface area contributed by atoms with E-state index in [1.807, 2.05) is 0 Å². The molecule has 0 aromatic heterocycles. The third kappa shape index (κ3) is 4.20. The molecule has 0 bridgehead atoms. The molecule has 4 N–H and O–H groups in total. The van der Waals surface area contributed by atoms with Crippen molar-refractivity contribution in [2.45, 2.75) is 4.90 Å². The Morgan fingerprint density at radius 3 is 2.19 bits per heavy atom. The zero-order valence-electron chi connectivity index (χ0n) is 14.4. The van der Waals surface area contributed by atoms with Gasteiger partial charge in [0.05, 0.1) is 12.0 Å². The summed E-state index contributed by atoms with van der Waals surface area (Å²) in [6, 6.07) is 8.65. The molecular formula is C16H16N4O6S. The zero-order valence-corrected chi connectivity index (χ0v) is 15.2. The van der Waals surface area contributed by atoms with Crippen LogP contribution >= 0.6 is 0 Å². The summed E-state index contributed by atoms with van der Waals surface area (Å²) in [5.74, 6) is -1.20. The maximum atomic E-state index is 12.3. The fourth-order valence-electron chi connectivity index (χ4n) is 2.48. The van der Waals surface area contributed by atoms with Gasteiger partial charge in [-0.25, -0.2) is 8.42 Å². The Morgan fingerprint density at radius 2 is 1.74 bits per heavy atom. The predicted octanol–water partition coefficient (Wildman–Crippen LogP) is 1.09. The number of nitrogens with two attached hydrogens (primary N) is 2. The van der Waals surface area contributed by atoms with E-state index in [2.05, 4.69) is 4.99 Å². The highest BCUT2D eigenvalue weighted by Gasteiger charge is 2.33. The normalized spacial score (nSPS) is 10.9. The van der Waals surface area contributed by atoms with Crippen LogP contribution in [0.25, 0.3) is 11.1 Å². The highest BCUT2D eigenvalue weighted by atomic mass is 32.2. The Hall–Kier alpha value is -3.47. The lowest BCUT2D eigenvalue weighted by molar-refractivity contribution is -0.388. The van der Waals surface area contributed by atoms with Crippen LogP contribution in [-0.2, 0) is 9.84 Å². The number of hydrogen-bond acceptors (Lipinski definition) is 6. The minimum atomic E-state index is -4.09. The average molecular weight is 392 g/mol. The van der Waals surface area contributed by atoms with Gasteiger partial charge in [0.2, 0.25) is 0 Å². The summed E-state index contributed by atoms with van der Waals surface area (Å²) >= 11 is 0. The molecule has 0 atom stereocenters. The molecule has 0 saturated carbocycles. The number of methoxy groups -OCH3 is 1. The summed E-state index contributed by atoms with van der Waals surface area (Å²) in [5, 5.41) is 11.6. The molecule has 0 fully saturated rings. The molecule has 0 aliphatic heterocycles. The van der Waals surface area contributed by atoms with Crippen molar-refractivity contribution >= 4 is 27.4 Å². The van der Waals surface area contributed by atoms with Gasteiger partial charge in [-0.05, 0) is 23.8 Å². The topological polar surface area (TPSA) is 168 Å². The molecular weight excluding hydrogens is 376 g/mol. The number of ether oxygens (including phenoxy) is 1. The van der Waals surface area contributed by atoms with E-state index in [-0.39, 0.29) is 5.56 Å². The lowest BCUT2D eigenvalue weighted by atomic mass is 10.0. The van der Waals surface area contributed by atoms with E-state index in [0.29, 0.717) is 11.3 Å². The number of nitrogens with zero attached hydrogens (tertiary/aromatic N) is 2. The van der Waals surface area contributed by atoms with E-state index < -0.39 is 42.8 Å². The van der Waals surface area contributed by atoms with E-state index in [1.54, 1.807) is 24.3 Å². The average Bonchev–Trinajstić information content (AvgIpc) is 2.59. The van der Waals surface area contributed by atoms with Crippen LogP contribution in [0.1, 0.15) is 10.4 Å². The molecule has 0 aliphatic rings. The van der Waals surface area contributed by atoms with Gasteiger partial charge in [-0.15, -0.1) is 0 Å². The largest absolute Gasteiger partial charge is 0.497 e. The fourth-order valence-corrected chi connectivity index (χ4v) is 3.60. The third-order valence-electron chi connectivity index (χ3n) is 3.55. The summed E-state index contributed by atoms with van der Waals surface area (Å²) in [7, 11) is -2.63. The Balaban J connectivity index is 2.87. The molecule has 0 unspecified atom stereocenters. The summed E-state index contributed by atoms with van der Waals surface area (Å²) in [4.78, 5) is 25.5. The van der Waals surface area contributed by atoms with Gasteiger partial charge in [0.1, 0.15) is 11.3 Å². The van der Waals surface area contributed by atoms with E-state index in [4.69, 9.17) is 16.2 Å². The number of guanidine groups is 1. The van der Waals surface area contributed by atoms with Crippen molar-refractivity contribution in [3.63, 3.8) is 0 Å². The van der Waals surface area contributed by atoms with E-state index >= 15 is 0 Å². The molecule has 142 valence electrons. The second kappa shape index (κ2) is 7.41. The number of aliphatic imine (C=N–C) groups is 1. The van der Waals surface area contributed by atoms with Gasteiger partial charge in [0.15, 0.2) is 20.7 Å². The Labute approximate surface area is 154 Å². The predicted molar refractivity (Wildman–Crippen MR) is 98.3 cm³/mol. The quantitative estimate of drug-likeness (QED) is 0.330. The molecule has 10 nitrogen and oxygen atoms in total. The van der Waals surface area contributed by atoms with E-state index in [0.717, 1.165) is 12.3 Å². The number of rotatable bonds is 5. The Bertz CT molecular complexity index is 1040. The standard InChI is InChI=1S/C16H16N4O6S/c1-26-10-5-3-9(4-6-10)11-7-8-12(15(21)19-16(17)18)13(20(22)23)14(11)27(2,24)25/h3-8H,1-2H3,(H4,17,18,19,21). The molecule has 2 rings (SSSR count). The molecule has 2 aromatic rings. The van der Waals surface area contributed by atoms with Crippen molar-refractivity contribution in [2.24, 2.45) is 16.5 Å². The Kier molecular flexibility index (Phi) is 5.45. The molecule has 2 aromatic carbocycles. The van der Waals surface area contributed by atoms with Gasteiger partial charge in [0, 0.05) is 11.8 Å². The smallest absolute Gasteiger partial charge is 0.301 e. The summed E-state index contributed by atoms with van der Waals surface area (Å²) in [6.45, 7) is 0. The SMILES string of the molecule is COc1ccc(-c2ccc(C(=O)N=C(N)N)c([N+](=O)[O-])c2S(C)(=O)=O)cc1. The monoisotopic (exact) mass is 392 g/mol. The highest BCUT2D eigenvalue weighted by molar-refractivity contribution is 7.91. The van der Waals surface area contributed by atoms with Crippen molar-refractivity contribution < 1.29 is 22.9 Å². The second-order valence-corrected chi connectivity index (χ2v) is 7.39. The molecule has 0 spiro atoms. The molecule has 0 aliphatic carbocycles.